The first-order chi connectivity index (χ1) is 3.89. The molecule has 1 unspecified atom stereocenters. The number of hydrogen-bond acceptors (Lipinski definition) is 4. The van der Waals surface area contributed by atoms with Gasteiger partial charge in [0.15, 0.2) is 0 Å². The highest BCUT2D eigenvalue weighted by Gasteiger charge is 2.38. The molecule has 0 heterocycles. The number of aliphatic hydroxyl groups is 3. The van der Waals surface area contributed by atoms with E-state index in [1.54, 1.807) is 0 Å². The van der Waals surface area contributed by atoms with E-state index in [1.807, 2.05) is 0 Å². The summed E-state index contributed by atoms with van der Waals surface area (Å²) in [5.41, 5.74) is 0. The Morgan fingerprint density at radius 3 is 1.89 bits per heavy atom. The van der Waals surface area contributed by atoms with Gasteiger partial charge < -0.3 is 20.4 Å². The van der Waals surface area contributed by atoms with Crippen LogP contribution in [0.2, 0.25) is 0 Å². The SMILES string of the molecule is CC(O)C(O)(O)C(=O)O. The van der Waals surface area contributed by atoms with Crippen molar-refractivity contribution in [2.75, 3.05) is 0 Å². The van der Waals surface area contributed by atoms with Crippen LogP contribution in [-0.2, 0) is 4.79 Å². The fourth-order valence-corrected chi connectivity index (χ4v) is 0.179. The molecule has 0 amide bonds. The summed E-state index contributed by atoms with van der Waals surface area (Å²) in [6, 6.07) is 0. The molecule has 0 saturated carbocycles. The predicted molar refractivity (Wildman–Crippen MR) is 26.5 cm³/mol. The molecule has 0 aliphatic heterocycles. The van der Waals surface area contributed by atoms with Crippen molar-refractivity contribution in [3.05, 3.63) is 0 Å². The first-order valence-corrected chi connectivity index (χ1v) is 2.25. The summed E-state index contributed by atoms with van der Waals surface area (Å²) in [5.74, 6) is -4.89. The van der Waals surface area contributed by atoms with Gasteiger partial charge in [0.1, 0.15) is 6.10 Å². The lowest BCUT2D eigenvalue weighted by Gasteiger charge is -2.18. The molecular weight excluding hydrogens is 128 g/mol. The third kappa shape index (κ3) is 1.63. The molecule has 0 aromatic rings. The molecule has 5 heteroatoms. The quantitative estimate of drug-likeness (QED) is 0.333. The van der Waals surface area contributed by atoms with E-state index < -0.39 is 17.9 Å². The van der Waals surface area contributed by atoms with E-state index in [9.17, 15) is 4.79 Å². The molecule has 0 aliphatic rings. The Hall–Kier alpha value is -0.650. The molecular formula is C4H8O5. The molecule has 0 bridgehead atoms. The molecule has 0 spiro atoms. The Labute approximate surface area is 51.2 Å². The van der Waals surface area contributed by atoms with Crippen molar-refractivity contribution < 1.29 is 25.2 Å². The standard InChI is InChI=1S/C4H8O5/c1-2(5)4(8,9)3(6)7/h2,5,8-9H,1H3,(H,6,7). The molecule has 9 heavy (non-hydrogen) atoms. The smallest absolute Gasteiger partial charge is 0.366 e. The van der Waals surface area contributed by atoms with E-state index in [-0.39, 0.29) is 0 Å². The Balaban J connectivity index is 4.19. The van der Waals surface area contributed by atoms with Gasteiger partial charge in [-0.2, -0.15) is 0 Å². The second-order valence-corrected chi connectivity index (χ2v) is 1.71. The van der Waals surface area contributed by atoms with Gasteiger partial charge in [-0.3, -0.25) is 0 Å². The van der Waals surface area contributed by atoms with Crippen LogP contribution in [0, 0.1) is 0 Å². The molecule has 54 valence electrons. The van der Waals surface area contributed by atoms with E-state index in [1.165, 1.54) is 0 Å². The van der Waals surface area contributed by atoms with Crippen LogP contribution in [0.4, 0.5) is 0 Å². The summed E-state index contributed by atoms with van der Waals surface area (Å²) in [5, 5.41) is 33.1. The highest BCUT2D eigenvalue weighted by atomic mass is 16.6. The van der Waals surface area contributed by atoms with Gasteiger partial charge in [0, 0.05) is 0 Å². The lowest BCUT2D eigenvalue weighted by molar-refractivity contribution is -0.232. The zero-order valence-corrected chi connectivity index (χ0v) is 4.77. The first kappa shape index (κ1) is 8.35. The van der Waals surface area contributed by atoms with E-state index in [4.69, 9.17) is 20.4 Å². The maximum Gasteiger partial charge on any atom is 0.366 e. The van der Waals surface area contributed by atoms with Crippen LogP contribution in [0.5, 0.6) is 0 Å². The highest BCUT2D eigenvalue weighted by Crippen LogP contribution is 2.04. The molecule has 0 radical (unpaired) electrons. The Morgan fingerprint density at radius 2 is 1.89 bits per heavy atom. The lowest BCUT2D eigenvalue weighted by atomic mass is 10.2. The van der Waals surface area contributed by atoms with Crippen molar-refractivity contribution in [3.8, 4) is 0 Å². The maximum atomic E-state index is 9.80. The van der Waals surface area contributed by atoms with E-state index >= 15 is 0 Å². The number of rotatable bonds is 2. The minimum absolute atomic E-state index is 0.966. The number of hydrogen-bond donors (Lipinski definition) is 4. The average Bonchev–Trinajstić information content (AvgIpc) is 1.65. The number of carboxylic acid groups (broad SMARTS) is 1. The van der Waals surface area contributed by atoms with Crippen LogP contribution in [-0.4, -0.2) is 38.3 Å². The van der Waals surface area contributed by atoms with E-state index in [0.717, 1.165) is 6.92 Å². The Bertz CT molecular complexity index is 116. The van der Waals surface area contributed by atoms with Gasteiger partial charge in [-0.25, -0.2) is 4.79 Å². The van der Waals surface area contributed by atoms with Crippen molar-refractivity contribution in [1.82, 2.24) is 0 Å². The van der Waals surface area contributed by atoms with Crippen molar-refractivity contribution in [2.24, 2.45) is 0 Å². The number of carboxylic acids is 1. The van der Waals surface area contributed by atoms with Gasteiger partial charge in [-0.05, 0) is 6.92 Å². The van der Waals surface area contributed by atoms with Crippen LogP contribution < -0.4 is 0 Å². The largest absolute Gasteiger partial charge is 0.477 e. The summed E-state index contributed by atoms with van der Waals surface area (Å²) in [7, 11) is 0. The molecule has 4 N–H and O–H groups in total. The molecule has 0 aliphatic carbocycles. The molecule has 0 saturated heterocycles. The molecule has 0 rings (SSSR count). The van der Waals surface area contributed by atoms with Crippen molar-refractivity contribution in [2.45, 2.75) is 18.8 Å². The zero-order chi connectivity index (χ0) is 7.65. The van der Waals surface area contributed by atoms with Gasteiger partial charge in [-0.1, -0.05) is 0 Å². The molecule has 0 fully saturated rings. The fourth-order valence-electron chi connectivity index (χ4n) is 0.179. The van der Waals surface area contributed by atoms with Crippen molar-refractivity contribution in [1.29, 1.82) is 0 Å². The monoisotopic (exact) mass is 136 g/mol. The Morgan fingerprint density at radius 1 is 1.56 bits per heavy atom. The van der Waals surface area contributed by atoms with Crippen molar-refractivity contribution >= 4 is 5.97 Å². The lowest BCUT2D eigenvalue weighted by Crippen LogP contribution is -2.47. The zero-order valence-electron chi connectivity index (χ0n) is 4.77. The topological polar surface area (TPSA) is 98.0 Å². The van der Waals surface area contributed by atoms with Crippen LogP contribution in [0.25, 0.3) is 0 Å². The van der Waals surface area contributed by atoms with Crippen LogP contribution >= 0.6 is 0 Å². The number of aliphatic carboxylic acids is 1. The molecule has 5 nitrogen and oxygen atoms in total. The summed E-state index contributed by atoms with van der Waals surface area (Å²) in [6.45, 7) is 0.966. The molecule has 0 aromatic heterocycles. The summed E-state index contributed by atoms with van der Waals surface area (Å²) in [4.78, 5) is 9.80. The summed E-state index contributed by atoms with van der Waals surface area (Å²) < 4.78 is 0. The van der Waals surface area contributed by atoms with Gasteiger partial charge in [0.2, 0.25) is 0 Å². The minimum atomic E-state index is -3.03. The number of carbonyl (C=O) groups is 1. The number of aliphatic hydroxyl groups excluding tert-OH is 1. The predicted octanol–water partition coefficient (Wildman–Crippen LogP) is -1.87. The van der Waals surface area contributed by atoms with Gasteiger partial charge in [0.25, 0.3) is 5.79 Å². The second-order valence-electron chi connectivity index (χ2n) is 1.71. The van der Waals surface area contributed by atoms with Crippen LogP contribution in [0.3, 0.4) is 0 Å². The third-order valence-electron chi connectivity index (χ3n) is 0.897. The first-order valence-electron chi connectivity index (χ1n) is 2.25. The molecule has 1 atom stereocenters. The third-order valence-corrected chi connectivity index (χ3v) is 0.897. The second kappa shape index (κ2) is 2.30. The minimum Gasteiger partial charge on any atom is -0.477 e. The normalized spacial score (nSPS) is 15.1. The molecule has 0 aromatic carbocycles. The maximum absolute atomic E-state index is 9.80. The van der Waals surface area contributed by atoms with Crippen LogP contribution in [0.1, 0.15) is 6.92 Å². The van der Waals surface area contributed by atoms with Gasteiger partial charge >= 0.3 is 5.97 Å². The fraction of sp³-hybridized carbons (Fsp3) is 0.750. The average molecular weight is 136 g/mol. The van der Waals surface area contributed by atoms with Crippen molar-refractivity contribution in [3.63, 3.8) is 0 Å². The summed E-state index contributed by atoms with van der Waals surface area (Å²) in [6.07, 6.45) is -1.70. The highest BCUT2D eigenvalue weighted by molar-refractivity contribution is 5.75. The van der Waals surface area contributed by atoms with E-state index in [2.05, 4.69) is 0 Å². The Kier molecular flexibility index (Phi) is 2.13. The van der Waals surface area contributed by atoms with Gasteiger partial charge in [0.05, 0.1) is 0 Å². The van der Waals surface area contributed by atoms with E-state index in [0.29, 0.717) is 0 Å². The van der Waals surface area contributed by atoms with Crippen LogP contribution in [0.15, 0.2) is 0 Å². The van der Waals surface area contributed by atoms with Gasteiger partial charge in [-0.15, -0.1) is 0 Å². The summed E-state index contributed by atoms with van der Waals surface area (Å²) >= 11 is 0.